The van der Waals surface area contributed by atoms with Gasteiger partial charge >= 0.3 is 12.1 Å². The van der Waals surface area contributed by atoms with Crippen molar-refractivity contribution >= 4 is 29.2 Å². The predicted molar refractivity (Wildman–Crippen MR) is 115 cm³/mol. The van der Waals surface area contributed by atoms with Gasteiger partial charge in [-0.15, -0.1) is 0 Å². The van der Waals surface area contributed by atoms with Gasteiger partial charge in [-0.1, -0.05) is 0 Å². The van der Waals surface area contributed by atoms with Crippen LogP contribution in [0.5, 0.6) is 0 Å². The third-order valence-corrected chi connectivity index (χ3v) is 5.37. The molecule has 0 aliphatic carbocycles. The van der Waals surface area contributed by atoms with Crippen LogP contribution in [0, 0.1) is 16.0 Å². The summed E-state index contributed by atoms with van der Waals surface area (Å²) >= 11 is 0. The molecule has 0 saturated carbocycles. The number of amides is 2. The monoisotopic (exact) mass is 488 g/mol. The van der Waals surface area contributed by atoms with E-state index in [2.05, 4.69) is 5.32 Å². The maximum Gasteiger partial charge on any atom is 0.416 e. The molecule has 1 aliphatic heterocycles. The van der Waals surface area contributed by atoms with Gasteiger partial charge < -0.3 is 19.9 Å². The summed E-state index contributed by atoms with van der Waals surface area (Å²) in [5, 5.41) is 13.7. The minimum atomic E-state index is -4.72. The fraction of sp³-hybridized carbons (Fsp3) is 0.571. The number of likely N-dealkylation sites (tertiary alicyclic amines) is 1. The van der Waals surface area contributed by atoms with E-state index >= 15 is 0 Å². The molecule has 1 heterocycles. The lowest BCUT2D eigenvalue weighted by atomic mass is 9.98. The lowest BCUT2D eigenvalue weighted by Gasteiger charge is -2.32. The van der Waals surface area contributed by atoms with Crippen LogP contribution in [0.25, 0.3) is 0 Å². The van der Waals surface area contributed by atoms with Crippen molar-refractivity contribution in [2.75, 3.05) is 45.2 Å². The van der Waals surface area contributed by atoms with Crippen molar-refractivity contribution in [1.29, 1.82) is 0 Å². The summed E-state index contributed by atoms with van der Waals surface area (Å²) in [6.07, 6.45) is -3.60. The van der Waals surface area contributed by atoms with E-state index in [4.69, 9.17) is 4.74 Å². The molecule has 1 unspecified atom stereocenters. The Bertz CT molecular complexity index is 924. The van der Waals surface area contributed by atoms with Crippen molar-refractivity contribution in [3.8, 4) is 0 Å². The minimum absolute atomic E-state index is 0.0851. The zero-order valence-corrected chi connectivity index (χ0v) is 18.9. The molecule has 1 aromatic rings. The van der Waals surface area contributed by atoms with Crippen molar-refractivity contribution in [1.82, 2.24) is 9.80 Å². The topological polar surface area (TPSA) is 122 Å². The number of nitrogens with zero attached hydrogens (tertiary/aromatic N) is 3. The number of esters is 1. The lowest BCUT2D eigenvalue weighted by molar-refractivity contribution is -0.384. The van der Waals surface area contributed by atoms with Gasteiger partial charge in [0.25, 0.3) is 5.69 Å². The molecule has 1 N–H and O–H groups in total. The molecule has 1 aliphatic rings. The van der Waals surface area contributed by atoms with Crippen LogP contribution in [-0.4, -0.2) is 72.3 Å². The molecule has 0 bridgehead atoms. The van der Waals surface area contributed by atoms with Crippen molar-refractivity contribution in [2.45, 2.75) is 32.4 Å². The maximum atomic E-state index is 12.8. The average Bonchev–Trinajstić information content (AvgIpc) is 2.78. The molecule has 1 saturated heterocycles. The van der Waals surface area contributed by atoms with Crippen LogP contribution in [0.1, 0.15) is 31.7 Å². The molecule has 2 rings (SSSR count). The normalized spacial score (nSPS) is 16.0. The number of halogens is 3. The first-order valence-electron chi connectivity index (χ1n) is 10.7. The number of hydrogen-bond acceptors (Lipinski definition) is 7. The van der Waals surface area contributed by atoms with Gasteiger partial charge in [0.1, 0.15) is 5.69 Å². The number of rotatable bonds is 9. The Morgan fingerprint density at radius 2 is 2.03 bits per heavy atom. The number of nitro benzene ring substituents is 1. The number of ether oxygens (including phenoxy) is 1. The molecule has 0 radical (unpaired) electrons. The summed E-state index contributed by atoms with van der Waals surface area (Å²) in [7, 11) is 1.42. The van der Waals surface area contributed by atoms with Crippen LogP contribution < -0.4 is 5.32 Å². The first-order chi connectivity index (χ1) is 15.9. The Labute approximate surface area is 194 Å². The quantitative estimate of drug-likeness (QED) is 0.322. The second-order valence-corrected chi connectivity index (χ2v) is 7.84. The van der Waals surface area contributed by atoms with Gasteiger partial charge in [-0.05, 0) is 31.9 Å². The van der Waals surface area contributed by atoms with Crippen molar-refractivity contribution < 1.29 is 37.2 Å². The number of carbonyl (C=O) groups excluding carboxylic acids is 3. The molecular weight excluding hydrogens is 461 g/mol. The van der Waals surface area contributed by atoms with E-state index in [1.165, 1.54) is 16.8 Å². The van der Waals surface area contributed by atoms with E-state index in [1.54, 1.807) is 6.92 Å². The Kier molecular flexibility index (Phi) is 9.21. The van der Waals surface area contributed by atoms with Crippen molar-refractivity contribution in [2.24, 2.45) is 5.92 Å². The highest BCUT2D eigenvalue weighted by molar-refractivity contribution is 5.85. The summed E-state index contributed by atoms with van der Waals surface area (Å²) in [6.45, 7) is 2.35. The van der Waals surface area contributed by atoms with Gasteiger partial charge in [0, 0.05) is 39.2 Å². The zero-order valence-electron chi connectivity index (χ0n) is 18.9. The van der Waals surface area contributed by atoms with E-state index < -0.39 is 34.2 Å². The molecule has 34 heavy (non-hydrogen) atoms. The number of likely N-dealkylation sites (N-methyl/N-ethyl adjacent to an activating group) is 1. The fourth-order valence-corrected chi connectivity index (χ4v) is 3.55. The Morgan fingerprint density at radius 1 is 1.32 bits per heavy atom. The maximum absolute atomic E-state index is 12.8. The molecule has 13 heteroatoms. The highest BCUT2D eigenvalue weighted by atomic mass is 19.4. The summed E-state index contributed by atoms with van der Waals surface area (Å²) < 4.78 is 43.4. The molecular formula is C21H27F3N4O6. The fourth-order valence-electron chi connectivity index (χ4n) is 3.55. The number of carbonyl (C=O) groups is 3. The molecule has 10 nitrogen and oxygen atoms in total. The summed E-state index contributed by atoms with van der Waals surface area (Å²) in [5.74, 6) is -1.51. The molecule has 1 atom stereocenters. The SMILES string of the molecule is CCOC(=O)C1CCCN(C(=O)CN(C)C(=O)CCNc2ccc(C(F)(F)F)cc2[N+](=O)[O-])C1. The van der Waals surface area contributed by atoms with Crippen LogP contribution in [0.4, 0.5) is 24.5 Å². The van der Waals surface area contributed by atoms with E-state index in [0.29, 0.717) is 31.5 Å². The number of anilines is 1. The third kappa shape index (κ3) is 7.32. The Hall–Kier alpha value is -3.38. The molecule has 188 valence electrons. The second-order valence-electron chi connectivity index (χ2n) is 7.84. The van der Waals surface area contributed by atoms with Crippen LogP contribution >= 0.6 is 0 Å². The lowest BCUT2D eigenvalue weighted by Crippen LogP contribution is -2.47. The molecule has 2 amide bonds. The van der Waals surface area contributed by atoms with Crippen LogP contribution in [0.3, 0.4) is 0 Å². The first kappa shape index (κ1) is 26.9. The number of nitro groups is 1. The second kappa shape index (κ2) is 11.7. The van der Waals surface area contributed by atoms with E-state index in [1.807, 2.05) is 0 Å². The number of piperidine rings is 1. The van der Waals surface area contributed by atoms with Gasteiger partial charge in [0.05, 0.1) is 29.6 Å². The smallest absolute Gasteiger partial charge is 0.416 e. The highest BCUT2D eigenvalue weighted by Gasteiger charge is 2.33. The summed E-state index contributed by atoms with van der Waals surface area (Å²) in [4.78, 5) is 49.8. The van der Waals surface area contributed by atoms with Gasteiger partial charge in [0.15, 0.2) is 0 Å². The number of benzene rings is 1. The van der Waals surface area contributed by atoms with E-state index in [0.717, 1.165) is 6.07 Å². The highest BCUT2D eigenvalue weighted by Crippen LogP contribution is 2.34. The first-order valence-corrected chi connectivity index (χ1v) is 10.7. The number of nitrogens with one attached hydrogen (secondary N) is 1. The summed E-state index contributed by atoms with van der Waals surface area (Å²) in [5.41, 5.74) is -2.06. The van der Waals surface area contributed by atoms with Gasteiger partial charge in [-0.25, -0.2) is 0 Å². The average molecular weight is 488 g/mol. The van der Waals surface area contributed by atoms with Crippen molar-refractivity contribution in [3.05, 3.63) is 33.9 Å². The molecule has 0 spiro atoms. The summed E-state index contributed by atoms with van der Waals surface area (Å²) in [6, 6.07) is 2.08. The van der Waals surface area contributed by atoms with E-state index in [9.17, 15) is 37.7 Å². The van der Waals surface area contributed by atoms with Crippen LogP contribution in [-0.2, 0) is 25.3 Å². The Balaban J connectivity index is 1.88. The minimum Gasteiger partial charge on any atom is -0.466 e. The van der Waals surface area contributed by atoms with Gasteiger partial charge in [-0.2, -0.15) is 13.2 Å². The largest absolute Gasteiger partial charge is 0.466 e. The Morgan fingerprint density at radius 3 is 2.65 bits per heavy atom. The number of alkyl halides is 3. The van der Waals surface area contributed by atoms with E-state index in [-0.39, 0.29) is 50.2 Å². The van der Waals surface area contributed by atoms with Crippen LogP contribution in [0.15, 0.2) is 18.2 Å². The number of hydrogen-bond donors (Lipinski definition) is 1. The van der Waals surface area contributed by atoms with Gasteiger partial charge in [0.2, 0.25) is 11.8 Å². The molecule has 1 aromatic carbocycles. The molecule has 0 aromatic heterocycles. The molecule has 1 fully saturated rings. The zero-order chi connectivity index (χ0) is 25.5. The predicted octanol–water partition coefficient (Wildman–Crippen LogP) is 2.68. The third-order valence-electron chi connectivity index (χ3n) is 5.37. The van der Waals surface area contributed by atoms with Crippen molar-refractivity contribution in [3.63, 3.8) is 0 Å². The standard InChI is InChI=1S/C21H27F3N4O6/c1-3-34-20(31)14-5-4-10-27(12-14)19(30)13-26(2)18(29)8-9-25-16-7-6-15(21(22,23)24)11-17(16)28(32)33/h6-7,11,14,25H,3-5,8-10,12-13H2,1-2H3. The van der Waals surface area contributed by atoms with Crippen LogP contribution in [0.2, 0.25) is 0 Å². The van der Waals surface area contributed by atoms with Gasteiger partial charge in [-0.3, -0.25) is 24.5 Å².